The number of benzene rings is 1. The van der Waals surface area contributed by atoms with E-state index in [9.17, 15) is 13.2 Å². The SMILES string of the molecule is COCCn1cnnc1C(C)NS(=O)(=O)c1ccc2c(c1)CCC(=O)N2. The smallest absolute Gasteiger partial charge is 0.241 e. The predicted octanol–water partition coefficient (Wildman–Crippen LogP) is 0.849. The maximum atomic E-state index is 12.7. The molecule has 3 rings (SSSR count). The number of anilines is 1. The van der Waals surface area contributed by atoms with E-state index in [-0.39, 0.29) is 10.8 Å². The summed E-state index contributed by atoms with van der Waals surface area (Å²) in [7, 11) is -2.15. The van der Waals surface area contributed by atoms with E-state index >= 15 is 0 Å². The highest BCUT2D eigenvalue weighted by molar-refractivity contribution is 7.89. The molecule has 9 nitrogen and oxygen atoms in total. The molecule has 1 atom stereocenters. The Balaban J connectivity index is 1.79. The topological polar surface area (TPSA) is 115 Å². The van der Waals surface area contributed by atoms with Crippen molar-refractivity contribution in [2.24, 2.45) is 0 Å². The maximum absolute atomic E-state index is 12.7. The van der Waals surface area contributed by atoms with Gasteiger partial charge in [0.05, 0.1) is 17.5 Å². The predicted molar refractivity (Wildman–Crippen MR) is 94.0 cm³/mol. The van der Waals surface area contributed by atoms with Crippen LogP contribution in [0.15, 0.2) is 29.4 Å². The van der Waals surface area contributed by atoms with Crippen LogP contribution in [0.3, 0.4) is 0 Å². The molecule has 10 heteroatoms. The summed E-state index contributed by atoms with van der Waals surface area (Å²) in [6.07, 6.45) is 2.41. The largest absolute Gasteiger partial charge is 0.383 e. The van der Waals surface area contributed by atoms with Crippen LogP contribution in [0.4, 0.5) is 5.69 Å². The van der Waals surface area contributed by atoms with Gasteiger partial charge in [-0.05, 0) is 37.1 Å². The molecule has 1 unspecified atom stereocenters. The van der Waals surface area contributed by atoms with Gasteiger partial charge in [0, 0.05) is 25.8 Å². The molecule has 0 aliphatic carbocycles. The summed E-state index contributed by atoms with van der Waals surface area (Å²) in [6, 6.07) is 4.14. The molecule has 140 valence electrons. The molecular weight excluding hydrogens is 358 g/mol. The van der Waals surface area contributed by atoms with Crippen molar-refractivity contribution in [1.82, 2.24) is 19.5 Å². The number of nitrogens with one attached hydrogen (secondary N) is 2. The number of rotatable bonds is 7. The minimum Gasteiger partial charge on any atom is -0.383 e. The molecule has 0 bridgehead atoms. The zero-order valence-corrected chi connectivity index (χ0v) is 15.4. The van der Waals surface area contributed by atoms with E-state index in [2.05, 4.69) is 20.2 Å². The third-order valence-corrected chi connectivity index (χ3v) is 5.72. The van der Waals surface area contributed by atoms with Crippen molar-refractivity contribution in [3.05, 3.63) is 35.9 Å². The van der Waals surface area contributed by atoms with Crippen molar-refractivity contribution < 1.29 is 17.9 Å². The number of hydrogen-bond acceptors (Lipinski definition) is 6. The number of hydrogen-bond donors (Lipinski definition) is 2. The van der Waals surface area contributed by atoms with Crippen molar-refractivity contribution in [2.45, 2.75) is 37.2 Å². The third-order valence-electron chi connectivity index (χ3n) is 4.18. The quantitative estimate of drug-likeness (QED) is 0.737. The van der Waals surface area contributed by atoms with Crippen molar-refractivity contribution in [1.29, 1.82) is 0 Å². The first-order valence-corrected chi connectivity index (χ1v) is 9.71. The van der Waals surface area contributed by atoms with Crippen LogP contribution in [0.5, 0.6) is 0 Å². The molecule has 1 amide bonds. The number of fused-ring (bicyclic) bond motifs is 1. The van der Waals surface area contributed by atoms with Gasteiger partial charge in [0.25, 0.3) is 0 Å². The molecule has 1 aromatic heterocycles. The average Bonchev–Trinajstić information content (AvgIpc) is 3.07. The fourth-order valence-electron chi connectivity index (χ4n) is 2.84. The minimum atomic E-state index is -3.74. The van der Waals surface area contributed by atoms with Crippen molar-refractivity contribution in [3.8, 4) is 0 Å². The van der Waals surface area contributed by atoms with Gasteiger partial charge in [-0.1, -0.05) is 0 Å². The zero-order valence-electron chi connectivity index (χ0n) is 14.6. The van der Waals surface area contributed by atoms with E-state index in [1.54, 1.807) is 37.1 Å². The number of ether oxygens (including phenoxy) is 1. The van der Waals surface area contributed by atoms with Crippen molar-refractivity contribution in [2.75, 3.05) is 19.0 Å². The van der Waals surface area contributed by atoms with E-state index in [0.717, 1.165) is 5.56 Å². The Labute approximate surface area is 151 Å². The van der Waals surface area contributed by atoms with E-state index in [1.807, 2.05) is 0 Å². The average molecular weight is 379 g/mol. The molecule has 0 radical (unpaired) electrons. The Kier molecular flexibility index (Phi) is 5.35. The zero-order chi connectivity index (χ0) is 18.7. The molecular formula is C16H21N5O4S. The summed E-state index contributed by atoms with van der Waals surface area (Å²) < 4.78 is 34.9. The molecule has 26 heavy (non-hydrogen) atoms. The van der Waals surface area contributed by atoms with E-state index in [1.165, 1.54) is 6.07 Å². The fourth-order valence-corrected chi connectivity index (χ4v) is 4.09. The van der Waals surface area contributed by atoms with Crippen LogP contribution in [0.1, 0.15) is 30.8 Å². The minimum absolute atomic E-state index is 0.0600. The summed E-state index contributed by atoms with van der Waals surface area (Å²) in [5.74, 6) is 0.450. The first-order chi connectivity index (χ1) is 12.4. The van der Waals surface area contributed by atoms with Crippen molar-refractivity contribution >= 4 is 21.6 Å². The van der Waals surface area contributed by atoms with Crippen LogP contribution in [0.25, 0.3) is 0 Å². The number of nitrogens with zero attached hydrogens (tertiary/aromatic N) is 3. The maximum Gasteiger partial charge on any atom is 0.241 e. The van der Waals surface area contributed by atoms with E-state index in [4.69, 9.17) is 4.74 Å². The number of carbonyl (C=O) groups excluding carboxylic acids is 1. The Bertz CT molecular complexity index is 909. The van der Waals surface area contributed by atoms with Crippen molar-refractivity contribution in [3.63, 3.8) is 0 Å². The second kappa shape index (κ2) is 7.52. The molecule has 2 N–H and O–H groups in total. The fraction of sp³-hybridized carbons (Fsp3) is 0.438. The number of methoxy groups -OCH3 is 1. The summed E-state index contributed by atoms with van der Waals surface area (Å²) in [5, 5.41) is 10.6. The first kappa shape index (κ1) is 18.5. The molecule has 0 saturated heterocycles. The number of amides is 1. The number of aromatic nitrogens is 3. The van der Waals surface area contributed by atoms with Crippen LogP contribution < -0.4 is 10.0 Å². The van der Waals surface area contributed by atoms with Gasteiger partial charge in [-0.15, -0.1) is 10.2 Å². The highest BCUT2D eigenvalue weighted by atomic mass is 32.2. The normalized spacial score (nSPS) is 15.4. The Hall–Kier alpha value is -2.30. The highest BCUT2D eigenvalue weighted by Crippen LogP contribution is 2.26. The summed E-state index contributed by atoms with van der Waals surface area (Å²) >= 11 is 0. The number of carbonyl (C=O) groups is 1. The second-order valence-corrected chi connectivity index (χ2v) is 7.80. The molecule has 1 aliphatic heterocycles. The molecule has 0 saturated carbocycles. The molecule has 2 aromatic rings. The Morgan fingerprint density at radius 3 is 2.96 bits per heavy atom. The van der Waals surface area contributed by atoms with Gasteiger partial charge in [-0.3, -0.25) is 4.79 Å². The molecule has 0 fully saturated rings. The van der Waals surface area contributed by atoms with Gasteiger partial charge in [0.1, 0.15) is 6.33 Å². The van der Waals surface area contributed by atoms with Gasteiger partial charge in [0.2, 0.25) is 15.9 Å². The lowest BCUT2D eigenvalue weighted by atomic mass is 10.0. The summed E-state index contributed by atoms with van der Waals surface area (Å²) in [4.78, 5) is 11.6. The molecule has 1 aromatic carbocycles. The van der Waals surface area contributed by atoms with Gasteiger partial charge in [0.15, 0.2) is 5.82 Å². The monoisotopic (exact) mass is 379 g/mol. The van der Waals surface area contributed by atoms with Crippen LogP contribution in [0.2, 0.25) is 0 Å². The van der Waals surface area contributed by atoms with E-state index < -0.39 is 16.1 Å². The highest BCUT2D eigenvalue weighted by Gasteiger charge is 2.24. The van der Waals surface area contributed by atoms with Gasteiger partial charge in [-0.2, -0.15) is 0 Å². The van der Waals surface area contributed by atoms with Gasteiger partial charge in [-0.25, -0.2) is 13.1 Å². The second-order valence-electron chi connectivity index (χ2n) is 6.09. The van der Waals surface area contributed by atoms with Crippen LogP contribution in [0, 0.1) is 0 Å². The molecule has 1 aliphatic rings. The third kappa shape index (κ3) is 3.92. The Morgan fingerprint density at radius 1 is 1.38 bits per heavy atom. The molecule has 2 heterocycles. The standard InChI is InChI=1S/C16H21N5O4S/c1-11(16-19-17-10-21(16)7-8-25-2)20-26(23,24)13-4-5-14-12(9-13)3-6-15(22)18-14/h4-5,9-11,20H,3,6-8H2,1-2H3,(H,18,22). The number of sulfonamides is 1. The summed E-state index contributed by atoms with van der Waals surface area (Å²) in [5.41, 5.74) is 1.47. The summed E-state index contributed by atoms with van der Waals surface area (Å²) in [6.45, 7) is 2.72. The lowest BCUT2D eigenvalue weighted by molar-refractivity contribution is -0.116. The van der Waals surface area contributed by atoms with E-state index in [0.29, 0.717) is 37.5 Å². The lowest BCUT2D eigenvalue weighted by Crippen LogP contribution is -2.29. The molecule has 0 spiro atoms. The first-order valence-electron chi connectivity index (χ1n) is 8.22. The van der Waals surface area contributed by atoms with Gasteiger partial charge < -0.3 is 14.6 Å². The van der Waals surface area contributed by atoms with Crippen LogP contribution in [-0.2, 0) is 32.5 Å². The van der Waals surface area contributed by atoms with Crippen LogP contribution >= 0.6 is 0 Å². The Morgan fingerprint density at radius 2 is 2.19 bits per heavy atom. The van der Waals surface area contributed by atoms with Gasteiger partial charge >= 0.3 is 0 Å². The van der Waals surface area contributed by atoms with Crippen LogP contribution in [-0.4, -0.2) is 42.8 Å². The lowest BCUT2D eigenvalue weighted by Gasteiger charge is -2.19. The number of aryl methyl sites for hydroxylation is 1.